The first-order valence-electron chi connectivity index (χ1n) is 18.2. The van der Waals surface area contributed by atoms with E-state index < -0.39 is 18.0 Å². The van der Waals surface area contributed by atoms with Gasteiger partial charge in [0.2, 0.25) is 5.91 Å². The van der Waals surface area contributed by atoms with Crippen molar-refractivity contribution in [2.75, 3.05) is 6.61 Å². The Kier molecular flexibility index (Phi) is 31.1. The molecule has 0 aromatic heterocycles. The molecule has 0 saturated carbocycles. The SMILES string of the molecule is CCCCCCCCCCCCCCCCCC(=O)N[C@@H](CC(=O)OCCCCCCCCCCCCCC)C(=O)O. The minimum absolute atomic E-state index is 0.300. The van der Waals surface area contributed by atoms with Gasteiger partial charge in [0.25, 0.3) is 0 Å². The van der Waals surface area contributed by atoms with Crippen LogP contribution < -0.4 is 5.32 Å². The molecule has 2 N–H and O–H groups in total. The second-order valence-electron chi connectivity index (χ2n) is 12.5. The second-order valence-corrected chi connectivity index (χ2v) is 12.5. The number of carbonyl (C=O) groups is 3. The lowest BCUT2D eigenvalue weighted by Crippen LogP contribution is -2.42. The van der Waals surface area contributed by atoms with Gasteiger partial charge >= 0.3 is 11.9 Å². The number of esters is 1. The van der Waals surface area contributed by atoms with Crippen LogP contribution in [-0.2, 0) is 19.1 Å². The molecule has 0 aromatic carbocycles. The number of rotatable bonds is 33. The lowest BCUT2D eigenvalue weighted by molar-refractivity contribution is -0.150. The Morgan fingerprint density at radius 3 is 1.21 bits per heavy atom. The van der Waals surface area contributed by atoms with Gasteiger partial charge in [-0.15, -0.1) is 0 Å². The molecule has 0 aliphatic rings. The molecule has 6 nitrogen and oxygen atoms in total. The molecular formula is C36H69NO5. The third kappa shape index (κ3) is 29.9. The van der Waals surface area contributed by atoms with Crippen LogP contribution in [-0.4, -0.2) is 35.6 Å². The molecule has 0 unspecified atom stereocenters. The van der Waals surface area contributed by atoms with E-state index in [2.05, 4.69) is 19.2 Å². The summed E-state index contributed by atoms with van der Waals surface area (Å²) in [7, 11) is 0. The van der Waals surface area contributed by atoms with E-state index in [9.17, 15) is 19.5 Å². The Morgan fingerprint density at radius 1 is 0.524 bits per heavy atom. The average Bonchev–Trinajstić information content (AvgIpc) is 2.97. The fraction of sp³-hybridized carbons (Fsp3) is 0.917. The fourth-order valence-electron chi connectivity index (χ4n) is 5.48. The third-order valence-electron chi connectivity index (χ3n) is 8.27. The number of hydrogen-bond acceptors (Lipinski definition) is 4. The van der Waals surface area contributed by atoms with Crippen LogP contribution >= 0.6 is 0 Å². The van der Waals surface area contributed by atoms with Crippen LogP contribution in [0, 0.1) is 0 Å². The van der Waals surface area contributed by atoms with Crippen LogP contribution in [0.2, 0.25) is 0 Å². The van der Waals surface area contributed by atoms with Crippen LogP contribution in [0.3, 0.4) is 0 Å². The highest BCUT2D eigenvalue weighted by molar-refractivity contribution is 5.87. The largest absolute Gasteiger partial charge is 0.480 e. The average molecular weight is 596 g/mol. The normalized spacial score (nSPS) is 11.9. The van der Waals surface area contributed by atoms with Crippen LogP contribution in [0.15, 0.2) is 0 Å². The molecule has 6 heteroatoms. The van der Waals surface area contributed by atoms with Crippen molar-refractivity contribution in [2.45, 2.75) is 206 Å². The summed E-state index contributed by atoms with van der Waals surface area (Å²) in [6, 6.07) is -1.22. The van der Waals surface area contributed by atoms with Gasteiger partial charge in [-0.3, -0.25) is 9.59 Å². The van der Waals surface area contributed by atoms with Gasteiger partial charge in [0.1, 0.15) is 6.04 Å². The third-order valence-corrected chi connectivity index (χ3v) is 8.27. The smallest absolute Gasteiger partial charge is 0.326 e. The van der Waals surface area contributed by atoms with Gasteiger partial charge in [0.15, 0.2) is 0 Å². The first kappa shape index (κ1) is 40.4. The van der Waals surface area contributed by atoms with Gasteiger partial charge in [-0.05, 0) is 12.8 Å². The molecule has 0 saturated heterocycles. The number of amides is 1. The number of carboxylic acid groups (broad SMARTS) is 1. The summed E-state index contributed by atoms with van der Waals surface area (Å²) in [5.74, 6) is -2.05. The number of carbonyl (C=O) groups excluding carboxylic acids is 2. The van der Waals surface area contributed by atoms with Crippen LogP contribution in [0.1, 0.15) is 200 Å². The highest BCUT2D eigenvalue weighted by Gasteiger charge is 2.23. The zero-order valence-corrected chi connectivity index (χ0v) is 27.9. The van der Waals surface area contributed by atoms with Crippen molar-refractivity contribution in [3.63, 3.8) is 0 Å². The molecule has 0 bridgehead atoms. The Morgan fingerprint density at radius 2 is 0.857 bits per heavy atom. The molecule has 0 aromatic rings. The first-order chi connectivity index (χ1) is 20.5. The summed E-state index contributed by atoms with van der Waals surface area (Å²) in [4.78, 5) is 35.9. The second kappa shape index (κ2) is 32.3. The number of hydrogen-bond donors (Lipinski definition) is 2. The molecule has 1 atom stereocenters. The standard InChI is InChI=1S/C36H69NO5/c1-3-5-7-9-11-13-15-17-18-19-20-22-24-26-28-30-34(38)37-33(36(40)41)32-35(39)42-31-29-27-25-23-21-16-14-12-10-8-6-4-2/h33H,3-32H2,1-2H3,(H,37,38)(H,40,41)/t33-/m0/s1. The van der Waals surface area contributed by atoms with E-state index >= 15 is 0 Å². The molecule has 0 aliphatic heterocycles. The zero-order valence-electron chi connectivity index (χ0n) is 27.9. The van der Waals surface area contributed by atoms with E-state index in [1.54, 1.807) is 0 Å². The van der Waals surface area contributed by atoms with E-state index in [4.69, 9.17) is 4.74 Å². The van der Waals surface area contributed by atoms with Crippen LogP contribution in [0.5, 0.6) is 0 Å². The van der Waals surface area contributed by atoms with Gasteiger partial charge in [0.05, 0.1) is 13.0 Å². The van der Waals surface area contributed by atoms with Crippen LogP contribution in [0.25, 0.3) is 0 Å². The number of ether oxygens (including phenoxy) is 1. The molecule has 42 heavy (non-hydrogen) atoms. The van der Waals surface area contributed by atoms with Gasteiger partial charge < -0.3 is 15.2 Å². The Bertz CT molecular complexity index is 624. The lowest BCUT2D eigenvalue weighted by atomic mass is 10.0. The molecule has 0 rings (SSSR count). The van der Waals surface area contributed by atoms with Crippen molar-refractivity contribution >= 4 is 17.8 Å². The summed E-state index contributed by atoms with van der Waals surface area (Å²) in [5.41, 5.74) is 0. The number of nitrogens with one attached hydrogen (secondary N) is 1. The Hall–Kier alpha value is -1.59. The fourth-order valence-corrected chi connectivity index (χ4v) is 5.48. The van der Waals surface area contributed by atoms with E-state index in [0.717, 1.165) is 38.5 Å². The molecule has 0 heterocycles. The van der Waals surface area contributed by atoms with Crippen molar-refractivity contribution < 1.29 is 24.2 Å². The van der Waals surface area contributed by atoms with E-state index in [-0.39, 0.29) is 12.3 Å². The topological polar surface area (TPSA) is 92.7 Å². The first-order valence-corrected chi connectivity index (χ1v) is 18.2. The van der Waals surface area contributed by atoms with Crippen LogP contribution in [0.4, 0.5) is 0 Å². The van der Waals surface area contributed by atoms with Crippen molar-refractivity contribution in [2.24, 2.45) is 0 Å². The predicted octanol–water partition coefficient (Wildman–Crippen LogP) is 10.5. The number of aliphatic carboxylic acids is 1. The highest BCUT2D eigenvalue weighted by atomic mass is 16.5. The van der Waals surface area contributed by atoms with Crippen molar-refractivity contribution in [3.8, 4) is 0 Å². The van der Waals surface area contributed by atoms with Gasteiger partial charge in [0, 0.05) is 6.42 Å². The van der Waals surface area contributed by atoms with E-state index in [1.165, 1.54) is 135 Å². The molecule has 0 aliphatic carbocycles. The maximum absolute atomic E-state index is 12.2. The molecule has 1 amide bonds. The van der Waals surface area contributed by atoms with Crippen molar-refractivity contribution in [1.29, 1.82) is 0 Å². The summed E-state index contributed by atoms with van der Waals surface area (Å²) < 4.78 is 5.23. The van der Waals surface area contributed by atoms with E-state index in [0.29, 0.717) is 13.0 Å². The van der Waals surface area contributed by atoms with Gasteiger partial charge in [-0.25, -0.2) is 4.79 Å². The molecule has 0 fully saturated rings. The maximum Gasteiger partial charge on any atom is 0.326 e. The van der Waals surface area contributed by atoms with Gasteiger partial charge in [-0.1, -0.05) is 174 Å². The molecular weight excluding hydrogens is 526 g/mol. The molecule has 0 spiro atoms. The van der Waals surface area contributed by atoms with Crippen molar-refractivity contribution in [3.05, 3.63) is 0 Å². The Balaban J connectivity index is 3.65. The predicted molar refractivity (Wildman–Crippen MR) is 176 cm³/mol. The van der Waals surface area contributed by atoms with E-state index in [1.807, 2.05) is 0 Å². The quantitative estimate of drug-likeness (QED) is 0.0581. The van der Waals surface area contributed by atoms with Crippen molar-refractivity contribution in [1.82, 2.24) is 5.32 Å². The number of unbranched alkanes of at least 4 members (excludes halogenated alkanes) is 25. The Labute approximate surface area is 259 Å². The summed E-state index contributed by atoms with van der Waals surface area (Å²) in [5, 5.41) is 11.9. The minimum atomic E-state index is -1.22. The monoisotopic (exact) mass is 596 g/mol. The lowest BCUT2D eigenvalue weighted by Gasteiger charge is -2.14. The zero-order chi connectivity index (χ0) is 30.9. The molecule has 248 valence electrons. The minimum Gasteiger partial charge on any atom is -0.480 e. The highest BCUT2D eigenvalue weighted by Crippen LogP contribution is 2.14. The maximum atomic E-state index is 12.2. The summed E-state index contributed by atoms with van der Waals surface area (Å²) in [6.45, 7) is 4.82. The molecule has 0 radical (unpaired) electrons. The summed E-state index contributed by atoms with van der Waals surface area (Å²) in [6.07, 6.45) is 33.7. The number of carboxylic acids is 1. The summed E-state index contributed by atoms with van der Waals surface area (Å²) >= 11 is 0. The van der Waals surface area contributed by atoms with Gasteiger partial charge in [-0.2, -0.15) is 0 Å².